The van der Waals surface area contributed by atoms with Crippen molar-refractivity contribution in [3.63, 3.8) is 0 Å². The van der Waals surface area contributed by atoms with E-state index in [0.717, 1.165) is 57.3 Å². The highest BCUT2D eigenvalue weighted by Gasteiger charge is 2.33. The minimum absolute atomic E-state index is 0.0113. The maximum atomic E-state index is 13.2. The van der Waals surface area contributed by atoms with Crippen LogP contribution in [0.15, 0.2) is 35.1 Å². The lowest BCUT2D eigenvalue weighted by Crippen LogP contribution is -2.24. The first kappa shape index (κ1) is 23.0. The number of amides is 1. The van der Waals surface area contributed by atoms with Gasteiger partial charge < -0.3 is 10.2 Å². The Bertz CT molecular complexity index is 1460. The van der Waals surface area contributed by atoms with Gasteiger partial charge in [0.25, 0.3) is 11.5 Å². The lowest BCUT2D eigenvalue weighted by atomic mass is 10.0. The number of rotatable bonds is 7. The highest BCUT2D eigenvalue weighted by molar-refractivity contribution is 7.14. The largest absolute Gasteiger partial charge is 0.334 e. The second kappa shape index (κ2) is 9.10. The van der Waals surface area contributed by atoms with Crippen molar-refractivity contribution in [3.8, 4) is 11.3 Å². The van der Waals surface area contributed by atoms with E-state index in [1.54, 1.807) is 15.6 Å². The van der Waals surface area contributed by atoms with Crippen molar-refractivity contribution in [2.24, 2.45) is 7.05 Å². The van der Waals surface area contributed by atoms with E-state index in [0.29, 0.717) is 23.7 Å². The van der Waals surface area contributed by atoms with E-state index in [9.17, 15) is 9.59 Å². The Hall–Kier alpha value is -3.79. The SMILES string of the molecule is CCCCc1nc2c(s1)C(=O)N(c1cccc(-c3cc(Nc4cc(C)n(C)n4)c(=O)[nH]n3)c1C)C2. The van der Waals surface area contributed by atoms with Gasteiger partial charge in [-0.15, -0.1) is 11.3 Å². The van der Waals surface area contributed by atoms with Crippen molar-refractivity contribution in [3.05, 3.63) is 67.5 Å². The van der Waals surface area contributed by atoms with Crippen LogP contribution in [-0.4, -0.2) is 30.9 Å². The lowest BCUT2D eigenvalue weighted by molar-refractivity contribution is 0.1000. The summed E-state index contributed by atoms with van der Waals surface area (Å²) in [5, 5.41) is 15.3. The van der Waals surface area contributed by atoms with E-state index >= 15 is 0 Å². The van der Waals surface area contributed by atoms with Crippen LogP contribution in [0.5, 0.6) is 0 Å². The maximum Gasteiger partial charge on any atom is 0.287 e. The molecule has 0 bridgehead atoms. The molecule has 1 aromatic carbocycles. The first-order chi connectivity index (χ1) is 16.9. The molecule has 0 spiro atoms. The Balaban J connectivity index is 1.44. The lowest BCUT2D eigenvalue weighted by Gasteiger charge is -2.20. The molecule has 10 heteroatoms. The van der Waals surface area contributed by atoms with Crippen molar-refractivity contribution < 1.29 is 4.79 Å². The Morgan fingerprint density at radius 3 is 2.74 bits per heavy atom. The summed E-state index contributed by atoms with van der Waals surface area (Å²) < 4.78 is 1.74. The van der Waals surface area contributed by atoms with E-state index in [-0.39, 0.29) is 11.5 Å². The highest BCUT2D eigenvalue weighted by Crippen LogP contribution is 2.37. The molecule has 0 atom stereocenters. The van der Waals surface area contributed by atoms with Gasteiger partial charge in [-0.3, -0.25) is 14.3 Å². The Morgan fingerprint density at radius 2 is 2.03 bits per heavy atom. The number of hydrogen-bond acceptors (Lipinski definition) is 7. The molecule has 0 unspecified atom stereocenters. The number of nitrogens with one attached hydrogen (secondary N) is 2. The molecule has 1 aliphatic heterocycles. The molecule has 0 saturated carbocycles. The number of carbonyl (C=O) groups excluding carboxylic acids is 1. The van der Waals surface area contributed by atoms with Gasteiger partial charge in [-0.05, 0) is 44.4 Å². The van der Waals surface area contributed by atoms with E-state index < -0.39 is 0 Å². The number of nitrogens with zero attached hydrogens (tertiary/aromatic N) is 5. The standard InChI is InChI=1S/C25H27N7O2S/c1-5-6-10-22-27-19-13-32(25(34)23(19)35-22)20-9-7-8-16(15(20)3)17-12-18(24(33)29-28-17)26-21-11-14(2)31(4)30-21/h7-9,11-12H,5-6,10,13H2,1-4H3,(H,29,33)(H,26,28,30). The molecule has 3 aromatic heterocycles. The summed E-state index contributed by atoms with van der Waals surface area (Å²) in [6, 6.07) is 9.35. The third kappa shape index (κ3) is 4.25. The van der Waals surface area contributed by atoms with Gasteiger partial charge in [0, 0.05) is 30.1 Å². The second-order valence-electron chi connectivity index (χ2n) is 8.74. The average molecular weight is 490 g/mol. The van der Waals surface area contributed by atoms with Gasteiger partial charge in [0.05, 0.1) is 22.9 Å². The fourth-order valence-electron chi connectivity index (χ4n) is 4.24. The normalized spacial score (nSPS) is 12.9. The molecule has 1 amide bonds. The van der Waals surface area contributed by atoms with Gasteiger partial charge in [-0.25, -0.2) is 10.1 Å². The molecule has 4 heterocycles. The number of anilines is 3. The number of aromatic amines is 1. The topological polar surface area (TPSA) is 109 Å². The number of benzene rings is 1. The first-order valence-corrected chi connectivity index (χ1v) is 12.4. The number of thiazole rings is 1. The molecule has 2 N–H and O–H groups in total. The molecule has 4 aromatic rings. The van der Waals surface area contributed by atoms with Crippen LogP contribution < -0.4 is 15.8 Å². The van der Waals surface area contributed by atoms with Crippen molar-refractivity contribution >= 4 is 34.4 Å². The summed E-state index contributed by atoms with van der Waals surface area (Å²) in [5.74, 6) is 0.570. The van der Waals surface area contributed by atoms with Gasteiger partial charge >= 0.3 is 0 Å². The number of fused-ring (bicyclic) bond motifs is 1. The minimum Gasteiger partial charge on any atom is -0.334 e. The number of carbonyl (C=O) groups is 1. The minimum atomic E-state index is -0.338. The molecular formula is C25H27N7O2S. The molecular weight excluding hydrogens is 462 g/mol. The summed E-state index contributed by atoms with van der Waals surface area (Å²) >= 11 is 1.51. The zero-order valence-electron chi connectivity index (χ0n) is 20.2. The fraction of sp³-hybridized carbons (Fsp3) is 0.320. The molecule has 1 aliphatic rings. The van der Waals surface area contributed by atoms with Crippen LogP contribution >= 0.6 is 11.3 Å². The quantitative estimate of drug-likeness (QED) is 0.396. The molecule has 0 radical (unpaired) electrons. The van der Waals surface area contributed by atoms with Crippen molar-refractivity contribution in [2.45, 2.75) is 46.6 Å². The third-order valence-electron chi connectivity index (χ3n) is 6.29. The summed E-state index contributed by atoms with van der Waals surface area (Å²) in [7, 11) is 1.85. The number of H-pyrrole nitrogens is 1. The van der Waals surface area contributed by atoms with Crippen LogP contribution in [0.3, 0.4) is 0 Å². The molecule has 0 saturated heterocycles. The Labute approximate surface area is 206 Å². The third-order valence-corrected chi connectivity index (χ3v) is 7.43. The molecule has 0 aliphatic carbocycles. The van der Waals surface area contributed by atoms with Gasteiger partial charge in [0.15, 0.2) is 5.82 Å². The van der Waals surface area contributed by atoms with Gasteiger partial charge in [-0.1, -0.05) is 25.5 Å². The van der Waals surface area contributed by atoms with Crippen molar-refractivity contribution in [1.29, 1.82) is 0 Å². The van der Waals surface area contributed by atoms with Gasteiger partial charge in [-0.2, -0.15) is 10.2 Å². The number of aryl methyl sites for hydroxylation is 3. The van der Waals surface area contributed by atoms with Crippen LogP contribution in [0.25, 0.3) is 11.3 Å². The first-order valence-electron chi connectivity index (χ1n) is 11.6. The number of aromatic nitrogens is 5. The summed E-state index contributed by atoms with van der Waals surface area (Å²) in [4.78, 5) is 32.9. The number of hydrogen-bond donors (Lipinski definition) is 2. The summed E-state index contributed by atoms with van der Waals surface area (Å²) in [6.07, 6.45) is 3.10. The van der Waals surface area contributed by atoms with E-state index in [2.05, 4.69) is 27.5 Å². The molecule has 9 nitrogen and oxygen atoms in total. The molecule has 0 fully saturated rings. The monoisotopic (exact) mass is 489 g/mol. The molecule has 180 valence electrons. The van der Waals surface area contributed by atoms with Crippen LogP contribution in [0, 0.1) is 13.8 Å². The van der Waals surface area contributed by atoms with Crippen LogP contribution in [-0.2, 0) is 20.0 Å². The number of unbranched alkanes of at least 4 members (excludes halogenated alkanes) is 1. The van der Waals surface area contributed by atoms with Crippen molar-refractivity contribution in [1.82, 2.24) is 25.0 Å². The maximum absolute atomic E-state index is 13.2. The molecule has 35 heavy (non-hydrogen) atoms. The van der Waals surface area contributed by atoms with E-state index in [4.69, 9.17) is 4.98 Å². The van der Waals surface area contributed by atoms with Crippen LogP contribution in [0.2, 0.25) is 0 Å². The van der Waals surface area contributed by atoms with Gasteiger partial charge in [0.1, 0.15) is 10.6 Å². The summed E-state index contributed by atoms with van der Waals surface area (Å²) in [6.45, 7) is 6.52. The zero-order valence-corrected chi connectivity index (χ0v) is 21.0. The predicted molar refractivity (Wildman–Crippen MR) is 137 cm³/mol. The predicted octanol–water partition coefficient (Wildman–Crippen LogP) is 4.49. The summed E-state index contributed by atoms with van der Waals surface area (Å²) in [5.41, 5.74) is 4.99. The zero-order chi connectivity index (χ0) is 24.7. The van der Waals surface area contributed by atoms with E-state index in [1.807, 2.05) is 45.2 Å². The fourth-order valence-corrected chi connectivity index (χ4v) is 5.30. The highest BCUT2D eigenvalue weighted by atomic mass is 32.1. The molecule has 5 rings (SSSR count). The van der Waals surface area contributed by atoms with Gasteiger partial charge in [0.2, 0.25) is 0 Å². The van der Waals surface area contributed by atoms with Crippen LogP contribution in [0.4, 0.5) is 17.2 Å². The Kier molecular flexibility index (Phi) is 5.98. The van der Waals surface area contributed by atoms with E-state index in [1.165, 1.54) is 11.3 Å². The Morgan fingerprint density at radius 1 is 1.20 bits per heavy atom. The van der Waals surface area contributed by atoms with Crippen molar-refractivity contribution in [2.75, 3.05) is 10.2 Å². The smallest absolute Gasteiger partial charge is 0.287 e. The van der Waals surface area contributed by atoms with Crippen LogP contribution in [0.1, 0.15) is 51.4 Å². The second-order valence-corrected chi connectivity index (χ2v) is 9.83. The average Bonchev–Trinajstić information content (AvgIpc) is 3.48.